The van der Waals surface area contributed by atoms with Crippen molar-refractivity contribution in [3.8, 4) is 16.9 Å². The van der Waals surface area contributed by atoms with Crippen molar-refractivity contribution in [1.82, 2.24) is 15.0 Å². The average Bonchev–Trinajstić information content (AvgIpc) is 3.23. The van der Waals surface area contributed by atoms with Crippen molar-refractivity contribution in [3.63, 3.8) is 0 Å². The molecule has 3 N–H and O–H groups in total. The van der Waals surface area contributed by atoms with Gasteiger partial charge in [-0.05, 0) is 54.6 Å². The predicted molar refractivity (Wildman–Crippen MR) is 123 cm³/mol. The quantitative estimate of drug-likeness (QED) is 0.438. The summed E-state index contributed by atoms with van der Waals surface area (Å²) in [7, 11) is -3.77. The lowest BCUT2D eigenvalue weighted by atomic mass is 10.1. The summed E-state index contributed by atoms with van der Waals surface area (Å²) in [5.41, 5.74) is 2.78. The van der Waals surface area contributed by atoms with Gasteiger partial charge in [0.15, 0.2) is 0 Å². The number of carbonyl (C=O) groups excluding carboxylic acids is 1. The van der Waals surface area contributed by atoms with Crippen LogP contribution in [0.4, 0.5) is 5.69 Å². The molecule has 0 aliphatic heterocycles. The molecule has 0 radical (unpaired) electrons. The first kappa shape index (κ1) is 22.0. The first-order valence-electron chi connectivity index (χ1n) is 9.12. The number of carbonyl (C=O) groups is 1. The van der Waals surface area contributed by atoms with Crippen LogP contribution in [0.25, 0.3) is 16.9 Å². The van der Waals surface area contributed by atoms with E-state index in [9.17, 15) is 13.2 Å². The van der Waals surface area contributed by atoms with E-state index in [4.69, 9.17) is 28.3 Å². The van der Waals surface area contributed by atoms with E-state index in [-0.39, 0.29) is 10.8 Å². The fraction of sp³-hybridized carbons (Fsp3) is 0. The Hall–Kier alpha value is -3.24. The van der Waals surface area contributed by atoms with Gasteiger partial charge >= 0.3 is 0 Å². The van der Waals surface area contributed by atoms with Crippen LogP contribution >= 0.6 is 23.2 Å². The second-order valence-electron chi connectivity index (χ2n) is 6.78. The van der Waals surface area contributed by atoms with Crippen molar-refractivity contribution in [2.24, 2.45) is 5.14 Å². The van der Waals surface area contributed by atoms with Crippen LogP contribution in [-0.2, 0) is 10.0 Å². The van der Waals surface area contributed by atoms with Gasteiger partial charge in [-0.15, -0.1) is 5.10 Å². The maximum absolute atomic E-state index is 12.5. The lowest BCUT2D eigenvalue weighted by Gasteiger charge is -2.07. The standard InChI is InChI=1S/C21H15Cl2N5O3S/c22-15-8-14(9-16(23)11-15)21(29)25-17-3-1-2-13(10-17)20-12-28(27-26-20)18-4-6-19(7-5-18)32(24,30)31/h1-12H,(H,25,29)(H2,24,30,31). The van der Waals surface area contributed by atoms with E-state index in [1.165, 1.54) is 28.9 Å². The molecule has 1 heterocycles. The lowest BCUT2D eigenvalue weighted by molar-refractivity contribution is 0.102. The molecule has 0 fully saturated rings. The molecular formula is C21H15Cl2N5O3S. The van der Waals surface area contributed by atoms with Gasteiger partial charge < -0.3 is 5.32 Å². The Bertz CT molecular complexity index is 1400. The van der Waals surface area contributed by atoms with E-state index in [1.54, 1.807) is 42.6 Å². The molecule has 0 spiro atoms. The highest BCUT2D eigenvalue weighted by Gasteiger charge is 2.12. The van der Waals surface area contributed by atoms with E-state index in [1.807, 2.05) is 6.07 Å². The van der Waals surface area contributed by atoms with E-state index >= 15 is 0 Å². The lowest BCUT2D eigenvalue weighted by Crippen LogP contribution is -2.12. The number of primary sulfonamides is 1. The molecule has 0 bridgehead atoms. The summed E-state index contributed by atoms with van der Waals surface area (Å²) in [5.74, 6) is -0.356. The SMILES string of the molecule is NS(=O)(=O)c1ccc(-n2cc(-c3cccc(NC(=O)c4cc(Cl)cc(Cl)c4)c3)nn2)cc1. The Morgan fingerprint density at radius 2 is 1.66 bits per heavy atom. The summed E-state index contributed by atoms with van der Waals surface area (Å²) >= 11 is 11.9. The van der Waals surface area contributed by atoms with Gasteiger partial charge in [-0.3, -0.25) is 4.79 Å². The number of nitrogens with zero attached hydrogens (tertiary/aromatic N) is 3. The molecule has 0 atom stereocenters. The zero-order valence-electron chi connectivity index (χ0n) is 16.2. The van der Waals surface area contributed by atoms with Gasteiger partial charge in [0, 0.05) is 26.9 Å². The average molecular weight is 488 g/mol. The normalized spacial score (nSPS) is 11.3. The highest BCUT2D eigenvalue weighted by Crippen LogP contribution is 2.24. The Labute approximate surface area is 193 Å². The number of aromatic nitrogens is 3. The molecule has 1 amide bonds. The van der Waals surface area contributed by atoms with Crippen molar-refractivity contribution in [1.29, 1.82) is 0 Å². The Morgan fingerprint density at radius 3 is 2.31 bits per heavy atom. The summed E-state index contributed by atoms with van der Waals surface area (Å²) in [6.07, 6.45) is 1.68. The Kier molecular flexibility index (Phi) is 5.98. The van der Waals surface area contributed by atoms with Crippen molar-refractivity contribution < 1.29 is 13.2 Å². The van der Waals surface area contributed by atoms with Crippen LogP contribution in [0, 0.1) is 0 Å². The van der Waals surface area contributed by atoms with Gasteiger partial charge in [0.25, 0.3) is 5.91 Å². The van der Waals surface area contributed by atoms with Gasteiger partial charge in [0.05, 0.1) is 16.8 Å². The number of halogens is 2. The molecule has 4 aromatic rings. The van der Waals surface area contributed by atoms with E-state index in [0.29, 0.717) is 32.7 Å². The molecule has 0 aliphatic carbocycles. The Balaban J connectivity index is 1.55. The second kappa shape index (κ2) is 8.71. The summed E-state index contributed by atoms with van der Waals surface area (Å²) in [6, 6.07) is 17.6. The third-order valence-electron chi connectivity index (χ3n) is 4.46. The maximum Gasteiger partial charge on any atom is 0.255 e. The molecule has 4 rings (SSSR count). The van der Waals surface area contributed by atoms with Crippen molar-refractivity contribution in [2.45, 2.75) is 4.90 Å². The number of nitrogens with one attached hydrogen (secondary N) is 1. The van der Waals surface area contributed by atoms with Gasteiger partial charge in [-0.2, -0.15) is 0 Å². The van der Waals surface area contributed by atoms with E-state index < -0.39 is 10.0 Å². The monoisotopic (exact) mass is 487 g/mol. The number of rotatable bonds is 5. The van der Waals surface area contributed by atoms with Crippen LogP contribution in [0.1, 0.15) is 10.4 Å². The van der Waals surface area contributed by atoms with Crippen LogP contribution < -0.4 is 10.5 Å². The van der Waals surface area contributed by atoms with Crippen LogP contribution in [-0.4, -0.2) is 29.3 Å². The molecule has 162 valence electrons. The maximum atomic E-state index is 12.5. The van der Waals surface area contributed by atoms with Gasteiger partial charge in [0.1, 0.15) is 5.69 Å². The van der Waals surface area contributed by atoms with Crippen LogP contribution in [0.3, 0.4) is 0 Å². The summed E-state index contributed by atoms with van der Waals surface area (Å²) in [4.78, 5) is 12.5. The molecule has 8 nitrogen and oxygen atoms in total. The number of anilines is 1. The zero-order chi connectivity index (χ0) is 22.9. The molecular weight excluding hydrogens is 473 g/mol. The largest absolute Gasteiger partial charge is 0.322 e. The number of benzene rings is 3. The Morgan fingerprint density at radius 1 is 0.969 bits per heavy atom. The minimum absolute atomic E-state index is 0.00558. The topological polar surface area (TPSA) is 120 Å². The summed E-state index contributed by atoms with van der Waals surface area (Å²) < 4.78 is 24.3. The number of hydrogen-bond acceptors (Lipinski definition) is 5. The molecule has 0 unspecified atom stereocenters. The van der Waals surface area contributed by atoms with Crippen molar-refractivity contribution in [3.05, 3.63) is 88.5 Å². The third-order valence-corrected chi connectivity index (χ3v) is 5.83. The molecule has 32 heavy (non-hydrogen) atoms. The molecule has 0 saturated heterocycles. The molecule has 11 heteroatoms. The molecule has 0 aliphatic rings. The highest BCUT2D eigenvalue weighted by molar-refractivity contribution is 7.89. The molecule has 3 aromatic carbocycles. The number of hydrogen-bond donors (Lipinski definition) is 2. The first-order chi connectivity index (χ1) is 15.2. The third kappa shape index (κ3) is 4.97. The highest BCUT2D eigenvalue weighted by atomic mass is 35.5. The van der Waals surface area contributed by atoms with Gasteiger partial charge in [0.2, 0.25) is 10.0 Å². The van der Waals surface area contributed by atoms with Crippen LogP contribution in [0.5, 0.6) is 0 Å². The van der Waals surface area contributed by atoms with Gasteiger partial charge in [-0.1, -0.05) is 40.5 Å². The fourth-order valence-corrected chi connectivity index (χ4v) is 4.00. The van der Waals surface area contributed by atoms with Crippen molar-refractivity contribution in [2.75, 3.05) is 5.32 Å². The van der Waals surface area contributed by atoms with Crippen LogP contribution in [0.2, 0.25) is 10.0 Å². The smallest absolute Gasteiger partial charge is 0.255 e. The predicted octanol–water partition coefficient (Wildman–Crippen LogP) is 4.14. The number of sulfonamides is 1. The van der Waals surface area contributed by atoms with E-state index in [0.717, 1.165) is 5.56 Å². The molecule has 0 saturated carbocycles. The zero-order valence-corrected chi connectivity index (χ0v) is 18.6. The number of amides is 1. The van der Waals surface area contributed by atoms with Crippen LogP contribution in [0.15, 0.2) is 77.8 Å². The fourth-order valence-electron chi connectivity index (χ4n) is 2.96. The first-order valence-corrected chi connectivity index (χ1v) is 11.4. The minimum Gasteiger partial charge on any atom is -0.322 e. The van der Waals surface area contributed by atoms with Crippen molar-refractivity contribution >= 4 is 44.8 Å². The minimum atomic E-state index is -3.77. The summed E-state index contributed by atoms with van der Waals surface area (Å²) in [6.45, 7) is 0. The second-order valence-corrected chi connectivity index (χ2v) is 9.21. The van der Waals surface area contributed by atoms with Gasteiger partial charge in [-0.25, -0.2) is 18.2 Å². The van der Waals surface area contributed by atoms with E-state index in [2.05, 4.69) is 15.6 Å². The molecule has 1 aromatic heterocycles. The number of nitrogens with two attached hydrogens (primary N) is 1. The summed E-state index contributed by atoms with van der Waals surface area (Å²) in [5, 5.41) is 16.9.